The van der Waals surface area contributed by atoms with Gasteiger partial charge in [0.2, 0.25) is 5.88 Å². The third-order valence-corrected chi connectivity index (χ3v) is 2.96. The van der Waals surface area contributed by atoms with Crippen molar-refractivity contribution < 1.29 is 4.74 Å². The van der Waals surface area contributed by atoms with Gasteiger partial charge in [-0.1, -0.05) is 33.1 Å². The summed E-state index contributed by atoms with van der Waals surface area (Å²) >= 11 is 0. The van der Waals surface area contributed by atoms with Crippen LogP contribution in [-0.4, -0.2) is 23.9 Å². The standard InChI is InChI=1S/C14H25N3O/c1-4-6-7-8-12(15-11-5-2)13-9-10-14(18-3)17-16-13/h9-10,12,15H,4-8,11H2,1-3H3. The molecule has 102 valence electrons. The van der Waals surface area contributed by atoms with Gasteiger partial charge >= 0.3 is 0 Å². The van der Waals surface area contributed by atoms with Crippen LogP contribution in [0.2, 0.25) is 0 Å². The third kappa shape index (κ3) is 5.00. The molecule has 0 bridgehead atoms. The van der Waals surface area contributed by atoms with E-state index in [4.69, 9.17) is 4.74 Å². The molecule has 0 aliphatic heterocycles. The maximum atomic E-state index is 5.03. The Hall–Kier alpha value is -1.16. The molecular weight excluding hydrogens is 226 g/mol. The lowest BCUT2D eigenvalue weighted by atomic mass is 10.1. The van der Waals surface area contributed by atoms with Crippen molar-refractivity contribution in [3.63, 3.8) is 0 Å². The van der Waals surface area contributed by atoms with Crippen LogP contribution >= 0.6 is 0 Å². The zero-order chi connectivity index (χ0) is 13.2. The van der Waals surface area contributed by atoms with Crippen molar-refractivity contribution in [2.24, 2.45) is 0 Å². The summed E-state index contributed by atoms with van der Waals surface area (Å²) < 4.78 is 5.03. The predicted octanol–water partition coefficient (Wildman–Crippen LogP) is 3.11. The lowest BCUT2D eigenvalue weighted by molar-refractivity contribution is 0.387. The fraction of sp³-hybridized carbons (Fsp3) is 0.714. The average Bonchev–Trinajstić information content (AvgIpc) is 2.43. The van der Waals surface area contributed by atoms with E-state index in [0.29, 0.717) is 11.9 Å². The second-order valence-electron chi connectivity index (χ2n) is 4.50. The summed E-state index contributed by atoms with van der Waals surface area (Å²) in [6.45, 7) is 5.42. The molecule has 0 aliphatic rings. The molecule has 1 aromatic heterocycles. The van der Waals surface area contributed by atoms with Crippen molar-refractivity contribution >= 4 is 0 Å². The topological polar surface area (TPSA) is 47.0 Å². The number of ether oxygens (including phenoxy) is 1. The van der Waals surface area contributed by atoms with E-state index >= 15 is 0 Å². The fourth-order valence-corrected chi connectivity index (χ4v) is 1.90. The highest BCUT2D eigenvalue weighted by molar-refractivity contribution is 5.14. The fourth-order valence-electron chi connectivity index (χ4n) is 1.90. The van der Waals surface area contributed by atoms with E-state index in [-0.39, 0.29) is 0 Å². The van der Waals surface area contributed by atoms with Crippen molar-refractivity contribution in [3.05, 3.63) is 17.8 Å². The second-order valence-corrected chi connectivity index (χ2v) is 4.50. The SMILES string of the molecule is CCCCCC(NCCC)c1ccc(OC)nn1. The first kappa shape index (κ1) is 14.9. The van der Waals surface area contributed by atoms with Crippen molar-refractivity contribution in [2.45, 2.75) is 52.0 Å². The van der Waals surface area contributed by atoms with Crippen LogP contribution < -0.4 is 10.1 Å². The number of aromatic nitrogens is 2. The maximum Gasteiger partial charge on any atom is 0.233 e. The molecule has 4 heteroatoms. The summed E-state index contributed by atoms with van der Waals surface area (Å²) in [6, 6.07) is 4.20. The molecule has 1 aromatic rings. The van der Waals surface area contributed by atoms with Crippen molar-refractivity contribution in [1.82, 2.24) is 15.5 Å². The molecule has 0 aromatic carbocycles. The first-order chi connectivity index (χ1) is 8.81. The van der Waals surface area contributed by atoms with Crippen LogP contribution in [0.25, 0.3) is 0 Å². The number of methoxy groups -OCH3 is 1. The summed E-state index contributed by atoms with van der Waals surface area (Å²) in [5.41, 5.74) is 1.01. The van der Waals surface area contributed by atoms with Crippen molar-refractivity contribution in [1.29, 1.82) is 0 Å². The van der Waals surface area contributed by atoms with Gasteiger partial charge in [-0.3, -0.25) is 0 Å². The van der Waals surface area contributed by atoms with Crippen LogP contribution in [0.3, 0.4) is 0 Å². The van der Waals surface area contributed by atoms with E-state index in [9.17, 15) is 0 Å². The Morgan fingerprint density at radius 3 is 2.56 bits per heavy atom. The lowest BCUT2D eigenvalue weighted by Gasteiger charge is -2.17. The van der Waals surface area contributed by atoms with E-state index in [1.54, 1.807) is 7.11 Å². The Balaban J connectivity index is 2.60. The number of nitrogens with zero attached hydrogens (tertiary/aromatic N) is 2. The van der Waals surface area contributed by atoms with Gasteiger partial charge in [0, 0.05) is 6.07 Å². The summed E-state index contributed by atoms with van der Waals surface area (Å²) in [5.74, 6) is 0.571. The number of unbranched alkanes of at least 4 members (excludes halogenated alkanes) is 2. The first-order valence-electron chi connectivity index (χ1n) is 6.92. The number of hydrogen-bond acceptors (Lipinski definition) is 4. The predicted molar refractivity (Wildman–Crippen MR) is 73.8 cm³/mol. The number of hydrogen-bond donors (Lipinski definition) is 1. The zero-order valence-corrected chi connectivity index (χ0v) is 11.8. The van der Waals surface area contributed by atoms with Crippen LogP contribution in [0, 0.1) is 0 Å². The molecule has 0 fully saturated rings. The summed E-state index contributed by atoms with van der Waals surface area (Å²) in [7, 11) is 1.61. The Bertz CT molecular complexity index is 313. The van der Waals surface area contributed by atoms with E-state index < -0.39 is 0 Å². The van der Waals surface area contributed by atoms with Gasteiger partial charge < -0.3 is 10.1 Å². The van der Waals surface area contributed by atoms with Crippen LogP contribution in [0.1, 0.15) is 57.7 Å². The molecular formula is C14H25N3O. The van der Waals surface area contributed by atoms with Crippen LogP contribution in [0.15, 0.2) is 12.1 Å². The highest BCUT2D eigenvalue weighted by atomic mass is 16.5. The van der Waals surface area contributed by atoms with Gasteiger partial charge in [0.25, 0.3) is 0 Å². The summed E-state index contributed by atoms with van der Waals surface area (Å²) in [5, 5.41) is 11.8. The van der Waals surface area contributed by atoms with Gasteiger partial charge in [-0.2, -0.15) is 5.10 Å². The van der Waals surface area contributed by atoms with E-state index in [1.165, 1.54) is 19.3 Å². The maximum absolute atomic E-state index is 5.03. The molecule has 4 nitrogen and oxygen atoms in total. The first-order valence-corrected chi connectivity index (χ1v) is 6.92. The van der Waals surface area contributed by atoms with Gasteiger partial charge in [-0.05, 0) is 25.5 Å². The highest BCUT2D eigenvalue weighted by Gasteiger charge is 2.12. The van der Waals surface area contributed by atoms with Gasteiger partial charge in [0.05, 0.1) is 18.8 Å². The Morgan fingerprint density at radius 1 is 1.17 bits per heavy atom. The molecule has 1 N–H and O–H groups in total. The van der Waals surface area contributed by atoms with Gasteiger partial charge in [-0.15, -0.1) is 5.10 Å². The van der Waals surface area contributed by atoms with Gasteiger partial charge in [0.15, 0.2) is 0 Å². The lowest BCUT2D eigenvalue weighted by Crippen LogP contribution is -2.23. The summed E-state index contributed by atoms with van der Waals surface area (Å²) in [6.07, 6.45) is 6.00. The largest absolute Gasteiger partial charge is 0.480 e. The van der Waals surface area contributed by atoms with Gasteiger partial charge in [0.1, 0.15) is 0 Å². The Labute approximate surface area is 110 Å². The Kier molecular flexibility index (Phi) is 7.34. The minimum atomic E-state index is 0.315. The smallest absolute Gasteiger partial charge is 0.233 e. The monoisotopic (exact) mass is 251 g/mol. The second kappa shape index (κ2) is 8.86. The third-order valence-electron chi connectivity index (χ3n) is 2.96. The molecule has 0 spiro atoms. The van der Waals surface area contributed by atoms with E-state index in [0.717, 1.165) is 25.1 Å². The average molecular weight is 251 g/mol. The van der Waals surface area contributed by atoms with Crippen molar-refractivity contribution in [3.8, 4) is 5.88 Å². The number of nitrogens with one attached hydrogen (secondary N) is 1. The molecule has 1 unspecified atom stereocenters. The Morgan fingerprint density at radius 2 is 2.00 bits per heavy atom. The molecule has 1 atom stereocenters. The minimum absolute atomic E-state index is 0.315. The minimum Gasteiger partial charge on any atom is -0.480 e. The molecule has 0 aliphatic carbocycles. The van der Waals surface area contributed by atoms with E-state index in [1.807, 2.05) is 12.1 Å². The quantitative estimate of drug-likeness (QED) is 0.685. The molecule has 0 amide bonds. The normalized spacial score (nSPS) is 12.4. The molecule has 18 heavy (non-hydrogen) atoms. The van der Waals surface area contributed by atoms with Crippen molar-refractivity contribution in [2.75, 3.05) is 13.7 Å². The molecule has 1 heterocycles. The summed E-state index contributed by atoms with van der Waals surface area (Å²) in [4.78, 5) is 0. The molecule has 0 saturated heterocycles. The zero-order valence-electron chi connectivity index (χ0n) is 11.8. The van der Waals surface area contributed by atoms with Crippen LogP contribution in [0.5, 0.6) is 5.88 Å². The van der Waals surface area contributed by atoms with E-state index in [2.05, 4.69) is 29.4 Å². The highest BCUT2D eigenvalue weighted by Crippen LogP contribution is 2.18. The molecule has 0 radical (unpaired) electrons. The van der Waals surface area contributed by atoms with Crippen LogP contribution in [-0.2, 0) is 0 Å². The molecule has 1 rings (SSSR count). The van der Waals surface area contributed by atoms with Crippen LogP contribution in [0.4, 0.5) is 0 Å². The number of rotatable bonds is 9. The van der Waals surface area contributed by atoms with Gasteiger partial charge in [-0.25, -0.2) is 0 Å². The molecule has 0 saturated carbocycles.